The van der Waals surface area contributed by atoms with Gasteiger partial charge in [0.05, 0.1) is 0 Å². The number of hydrogen-bond acceptors (Lipinski definition) is 3. The highest BCUT2D eigenvalue weighted by molar-refractivity contribution is 5.36. The second-order valence-electron chi connectivity index (χ2n) is 6.62. The molecule has 1 aromatic rings. The summed E-state index contributed by atoms with van der Waals surface area (Å²) in [6.07, 6.45) is 0. The molecule has 0 radical (unpaired) electrons. The monoisotopic (exact) mass is 276 g/mol. The lowest BCUT2D eigenvalue weighted by Crippen LogP contribution is -2.49. The quantitative estimate of drug-likeness (QED) is 0.885. The van der Waals surface area contributed by atoms with Gasteiger partial charge < -0.3 is 10.4 Å². The summed E-state index contributed by atoms with van der Waals surface area (Å²) in [6.45, 7) is 13.1. The first-order valence-corrected chi connectivity index (χ1v) is 7.59. The lowest BCUT2D eigenvalue weighted by molar-refractivity contribution is 0.0302. The van der Waals surface area contributed by atoms with Crippen molar-refractivity contribution >= 4 is 0 Å². The van der Waals surface area contributed by atoms with Crippen molar-refractivity contribution in [1.29, 1.82) is 0 Å². The maximum Gasteiger partial charge on any atom is 0.0500 e. The SMILES string of the molecule is Cc1cccc([C@@H](N2CCNCC2)C(C)(C)CO)c1C. The Morgan fingerprint density at radius 3 is 2.50 bits per heavy atom. The van der Waals surface area contributed by atoms with Crippen LogP contribution in [-0.4, -0.2) is 42.8 Å². The highest BCUT2D eigenvalue weighted by atomic mass is 16.3. The molecule has 1 heterocycles. The third kappa shape index (κ3) is 3.05. The molecule has 112 valence electrons. The molecule has 3 heteroatoms. The molecule has 2 N–H and O–H groups in total. The van der Waals surface area contributed by atoms with E-state index in [1.54, 1.807) is 0 Å². The Labute approximate surface area is 123 Å². The van der Waals surface area contributed by atoms with Crippen LogP contribution in [0.3, 0.4) is 0 Å². The molecular weight excluding hydrogens is 248 g/mol. The minimum atomic E-state index is -0.143. The lowest BCUT2D eigenvalue weighted by Gasteiger charge is -2.44. The number of piperazine rings is 1. The van der Waals surface area contributed by atoms with Gasteiger partial charge in [0, 0.05) is 44.2 Å². The van der Waals surface area contributed by atoms with Crippen LogP contribution in [0.15, 0.2) is 18.2 Å². The first kappa shape index (κ1) is 15.5. The van der Waals surface area contributed by atoms with Gasteiger partial charge in [0.15, 0.2) is 0 Å². The van der Waals surface area contributed by atoms with E-state index in [1.807, 2.05) is 0 Å². The number of aryl methyl sites for hydroxylation is 1. The average Bonchev–Trinajstić information content (AvgIpc) is 2.45. The maximum absolute atomic E-state index is 9.87. The molecule has 1 aliphatic heterocycles. The lowest BCUT2D eigenvalue weighted by atomic mass is 9.78. The Kier molecular flexibility index (Phi) is 4.84. The predicted octanol–water partition coefficient (Wildman–Crippen LogP) is 2.27. The van der Waals surface area contributed by atoms with E-state index in [0.29, 0.717) is 0 Å². The van der Waals surface area contributed by atoms with Crippen LogP contribution in [0.4, 0.5) is 0 Å². The second kappa shape index (κ2) is 6.25. The van der Waals surface area contributed by atoms with E-state index in [2.05, 4.69) is 56.1 Å². The molecule has 1 aliphatic rings. The zero-order valence-corrected chi connectivity index (χ0v) is 13.2. The van der Waals surface area contributed by atoms with E-state index >= 15 is 0 Å². The van der Waals surface area contributed by atoms with Crippen molar-refractivity contribution in [1.82, 2.24) is 10.2 Å². The van der Waals surface area contributed by atoms with Gasteiger partial charge in [0.2, 0.25) is 0 Å². The molecule has 2 rings (SSSR count). The summed E-state index contributed by atoms with van der Waals surface area (Å²) in [5.74, 6) is 0. The third-order valence-electron chi connectivity index (χ3n) is 4.61. The van der Waals surface area contributed by atoms with Crippen LogP contribution >= 0.6 is 0 Å². The number of benzene rings is 1. The highest BCUT2D eigenvalue weighted by Crippen LogP contribution is 2.40. The summed E-state index contributed by atoms with van der Waals surface area (Å²) in [6, 6.07) is 6.81. The normalized spacial score (nSPS) is 19.1. The number of nitrogens with one attached hydrogen (secondary N) is 1. The molecule has 1 atom stereocenters. The minimum absolute atomic E-state index is 0.143. The number of nitrogens with zero attached hydrogens (tertiary/aromatic N) is 1. The molecular formula is C17H28N2O. The van der Waals surface area contributed by atoms with Crippen molar-refractivity contribution in [3.05, 3.63) is 34.9 Å². The van der Waals surface area contributed by atoms with Crippen molar-refractivity contribution in [3.8, 4) is 0 Å². The van der Waals surface area contributed by atoms with Crippen LogP contribution < -0.4 is 5.32 Å². The van der Waals surface area contributed by atoms with E-state index in [9.17, 15) is 5.11 Å². The fourth-order valence-electron chi connectivity index (χ4n) is 3.21. The van der Waals surface area contributed by atoms with Gasteiger partial charge >= 0.3 is 0 Å². The second-order valence-corrected chi connectivity index (χ2v) is 6.62. The molecule has 20 heavy (non-hydrogen) atoms. The Balaban J connectivity index is 2.42. The first-order valence-electron chi connectivity index (χ1n) is 7.59. The Morgan fingerprint density at radius 2 is 1.90 bits per heavy atom. The number of aliphatic hydroxyl groups excluding tert-OH is 1. The smallest absolute Gasteiger partial charge is 0.0500 e. The van der Waals surface area contributed by atoms with E-state index in [-0.39, 0.29) is 18.1 Å². The van der Waals surface area contributed by atoms with Crippen molar-refractivity contribution in [2.24, 2.45) is 5.41 Å². The number of hydrogen-bond donors (Lipinski definition) is 2. The molecule has 1 saturated heterocycles. The molecule has 1 aromatic carbocycles. The van der Waals surface area contributed by atoms with Crippen LogP contribution in [0, 0.1) is 19.3 Å². The standard InChI is InChI=1S/C17H28N2O/c1-13-6-5-7-15(14(13)2)16(17(3,4)12-20)19-10-8-18-9-11-19/h5-7,16,18,20H,8-12H2,1-4H3/t16-/m1/s1. The summed E-state index contributed by atoms with van der Waals surface area (Å²) < 4.78 is 0. The molecule has 1 fully saturated rings. The van der Waals surface area contributed by atoms with Crippen LogP contribution in [0.5, 0.6) is 0 Å². The van der Waals surface area contributed by atoms with E-state index in [1.165, 1.54) is 16.7 Å². The Hall–Kier alpha value is -0.900. The molecule has 3 nitrogen and oxygen atoms in total. The molecule has 0 spiro atoms. The summed E-state index contributed by atoms with van der Waals surface area (Å²) in [7, 11) is 0. The van der Waals surface area contributed by atoms with Gasteiger partial charge in [-0.1, -0.05) is 32.0 Å². The van der Waals surface area contributed by atoms with Crippen molar-refractivity contribution in [2.75, 3.05) is 32.8 Å². The number of rotatable bonds is 4. The predicted molar refractivity (Wildman–Crippen MR) is 84.0 cm³/mol. The van der Waals surface area contributed by atoms with Crippen LogP contribution in [0.2, 0.25) is 0 Å². The van der Waals surface area contributed by atoms with Gasteiger partial charge in [-0.2, -0.15) is 0 Å². The molecule has 0 unspecified atom stereocenters. The van der Waals surface area contributed by atoms with Crippen LogP contribution in [0.25, 0.3) is 0 Å². The van der Waals surface area contributed by atoms with Crippen molar-refractivity contribution in [3.63, 3.8) is 0 Å². The van der Waals surface area contributed by atoms with Gasteiger partial charge in [-0.05, 0) is 30.5 Å². The van der Waals surface area contributed by atoms with Crippen molar-refractivity contribution in [2.45, 2.75) is 33.7 Å². The summed E-state index contributed by atoms with van der Waals surface area (Å²) in [5.41, 5.74) is 3.91. The van der Waals surface area contributed by atoms with Gasteiger partial charge in [-0.15, -0.1) is 0 Å². The topological polar surface area (TPSA) is 35.5 Å². The first-order chi connectivity index (χ1) is 9.47. The van der Waals surface area contributed by atoms with Gasteiger partial charge in [0.25, 0.3) is 0 Å². The summed E-state index contributed by atoms with van der Waals surface area (Å²) >= 11 is 0. The molecule has 0 aliphatic carbocycles. The molecule has 0 saturated carbocycles. The minimum Gasteiger partial charge on any atom is -0.396 e. The Morgan fingerprint density at radius 1 is 1.25 bits per heavy atom. The fraction of sp³-hybridized carbons (Fsp3) is 0.647. The van der Waals surface area contributed by atoms with E-state index in [4.69, 9.17) is 0 Å². The molecule has 0 amide bonds. The van der Waals surface area contributed by atoms with Crippen LogP contribution in [0.1, 0.15) is 36.6 Å². The van der Waals surface area contributed by atoms with E-state index in [0.717, 1.165) is 26.2 Å². The Bertz CT molecular complexity index is 450. The van der Waals surface area contributed by atoms with E-state index < -0.39 is 0 Å². The van der Waals surface area contributed by atoms with Gasteiger partial charge in [0.1, 0.15) is 0 Å². The number of aliphatic hydroxyl groups is 1. The third-order valence-corrected chi connectivity index (χ3v) is 4.61. The summed E-state index contributed by atoms with van der Waals surface area (Å²) in [5, 5.41) is 13.3. The largest absolute Gasteiger partial charge is 0.396 e. The van der Waals surface area contributed by atoms with Gasteiger partial charge in [-0.3, -0.25) is 4.90 Å². The molecule has 0 bridgehead atoms. The highest BCUT2D eigenvalue weighted by Gasteiger charge is 2.36. The maximum atomic E-state index is 9.87. The van der Waals surface area contributed by atoms with Gasteiger partial charge in [-0.25, -0.2) is 0 Å². The zero-order chi connectivity index (χ0) is 14.8. The van der Waals surface area contributed by atoms with Crippen LogP contribution in [-0.2, 0) is 0 Å². The molecule has 0 aromatic heterocycles. The zero-order valence-electron chi connectivity index (χ0n) is 13.2. The average molecular weight is 276 g/mol. The van der Waals surface area contributed by atoms with Crippen molar-refractivity contribution < 1.29 is 5.11 Å². The fourth-order valence-corrected chi connectivity index (χ4v) is 3.21. The summed E-state index contributed by atoms with van der Waals surface area (Å²) in [4.78, 5) is 2.52.